The lowest BCUT2D eigenvalue weighted by molar-refractivity contribution is -0.123. The number of hydrogen-bond acceptors (Lipinski definition) is 12. The fraction of sp³-hybridized carbons (Fsp3) is 0.447. The average molecular weight is 797 g/mol. The first-order valence-corrected chi connectivity index (χ1v) is 20.5. The number of pyridine rings is 1. The van der Waals surface area contributed by atoms with E-state index >= 15 is 0 Å². The quantitative estimate of drug-likeness (QED) is 0.253. The van der Waals surface area contributed by atoms with Gasteiger partial charge in [-0.05, 0) is 50.2 Å². The van der Waals surface area contributed by atoms with Gasteiger partial charge in [0.2, 0.25) is 21.7 Å². The molecule has 2 bridgehead atoms. The first kappa shape index (κ1) is 41.2. The van der Waals surface area contributed by atoms with Crippen LogP contribution in [0.25, 0.3) is 10.9 Å². The lowest BCUT2D eigenvalue weighted by Crippen LogP contribution is -2.46. The van der Waals surface area contributed by atoms with Gasteiger partial charge in [-0.15, -0.1) is 11.3 Å². The van der Waals surface area contributed by atoms with E-state index in [2.05, 4.69) is 15.2 Å². The Kier molecular flexibility index (Phi) is 14.3. The van der Waals surface area contributed by atoms with Gasteiger partial charge in [0, 0.05) is 61.7 Å². The number of aryl methyl sites for hydroxylation is 1. The Hall–Kier alpha value is -5.00. The molecular formula is C38H48N6O9S2. The maximum Gasteiger partial charge on any atom is 0.290 e. The van der Waals surface area contributed by atoms with E-state index in [1.165, 1.54) is 15.6 Å². The minimum Gasteiger partial charge on any atom is -0.493 e. The molecule has 296 valence electrons. The zero-order valence-corrected chi connectivity index (χ0v) is 33.2. The summed E-state index contributed by atoms with van der Waals surface area (Å²) in [4.78, 5) is 49.5. The highest BCUT2D eigenvalue weighted by molar-refractivity contribution is 7.88. The predicted molar refractivity (Wildman–Crippen MR) is 210 cm³/mol. The second-order valence-corrected chi connectivity index (χ2v) is 16.3. The summed E-state index contributed by atoms with van der Waals surface area (Å²) in [5.41, 5.74) is 2.49. The molecule has 1 fully saturated rings. The molecule has 0 radical (unpaired) electrons. The summed E-state index contributed by atoms with van der Waals surface area (Å²) < 4.78 is 45.8. The van der Waals surface area contributed by atoms with E-state index < -0.39 is 10.0 Å². The third-order valence-electron chi connectivity index (χ3n) is 9.56. The molecule has 2 aromatic carbocycles. The molecule has 0 aliphatic carbocycles. The number of anilines is 1. The fourth-order valence-electron chi connectivity index (χ4n) is 6.98. The molecule has 2 N–H and O–H groups in total. The molecule has 0 saturated carbocycles. The molecular weight excluding hydrogens is 749 g/mol. The SMILES string of the molecule is COc1cc2nc3c(cc2c(OC)c1OC)CN(C(=O)c1csc(C)n1)CCCCN(S(=O)(=O)Cc1ccccc1)CC(=O)NCC1CCCN3C1.O=CO. The van der Waals surface area contributed by atoms with Crippen LogP contribution in [0.2, 0.25) is 0 Å². The van der Waals surface area contributed by atoms with Crippen LogP contribution in [0, 0.1) is 12.8 Å². The van der Waals surface area contributed by atoms with E-state index in [4.69, 9.17) is 29.1 Å². The number of carbonyl (C=O) groups excluding carboxylic acids is 2. The highest BCUT2D eigenvalue weighted by Crippen LogP contribution is 2.44. The maximum absolute atomic E-state index is 14.1. The number of ether oxygens (including phenoxy) is 3. The van der Waals surface area contributed by atoms with Crippen LogP contribution in [0.3, 0.4) is 0 Å². The molecule has 17 heteroatoms. The summed E-state index contributed by atoms with van der Waals surface area (Å²) in [5.74, 6) is 1.49. The first-order chi connectivity index (χ1) is 26.5. The zero-order chi connectivity index (χ0) is 39.5. The monoisotopic (exact) mass is 796 g/mol. The number of sulfonamides is 1. The van der Waals surface area contributed by atoms with Gasteiger partial charge < -0.3 is 34.4 Å². The first-order valence-electron chi connectivity index (χ1n) is 18.0. The van der Waals surface area contributed by atoms with Gasteiger partial charge in [0.05, 0.1) is 44.2 Å². The van der Waals surface area contributed by atoms with Crippen molar-refractivity contribution in [2.75, 3.05) is 65.5 Å². The van der Waals surface area contributed by atoms with Crippen molar-refractivity contribution in [3.63, 3.8) is 0 Å². The summed E-state index contributed by atoms with van der Waals surface area (Å²) in [6, 6.07) is 12.8. The van der Waals surface area contributed by atoms with Crippen molar-refractivity contribution in [1.29, 1.82) is 0 Å². The van der Waals surface area contributed by atoms with Crippen LogP contribution >= 0.6 is 11.3 Å². The number of benzene rings is 2. The predicted octanol–water partition coefficient (Wildman–Crippen LogP) is 4.33. The Bertz CT molecular complexity index is 2060. The number of piperidine rings is 1. The average Bonchev–Trinajstić information content (AvgIpc) is 3.62. The van der Waals surface area contributed by atoms with Crippen LogP contribution in [-0.4, -0.2) is 112 Å². The second-order valence-electron chi connectivity index (χ2n) is 13.3. The number of thiazole rings is 1. The number of hydrogen-bond donors (Lipinski definition) is 2. The van der Waals surface area contributed by atoms with Gasteiger partial charge in [-0.2, -0.15) is 4.31 Å². The Balaban J connectivity index is 0.00000187. The molecule has 1 saturated heterocycles. The minimum atomic E-state index is -3.82. The van der Waals surface area contributed by atoms with E-state index in [1.54, 1.807) is 55.9 Å². The van der Waals surface area contributed by atoms with E-state index in [0.29, 0.717) is 71.9 Å². The number of fused-ring (bicyclic) bond motifs is 5. The highest BCUT2D eigenvalue weighted by Gasteiger charge is 2.30. The van der Waals surface area contributed by atoms with Gasteiger partial charge in [0.1, 0.15) is 11.5 Å². The molecule has 0 spiro atoms. The van der Waals surface area contributed by atoms with Crippen molar-refractivity contribution < 1.29 is 42.1 Å². The maximum atomic E-state index is 14.1. The number of nitrogens with zero attached hydrogens (tertiary/aromatic N) is 5. The molecule has 2 aromatic heterocycles. The van der Waals surface area contributed by atoms with E-state index in [1.807, 2.05) is 25.1 Å². The minimum absolute atomic E-state index is 0.0981. The Labute approximate surface area is 325 Å². The molecule has 1 unspecified atom stereocenters. The molecule has 4 aromatic rings. The lowest BCUT2D eigenvalue weighted by Gasteiger charge is -2.36. The van der Waals surface area contributed by atoms with Crippen LogP contribution in [-0.2, 0) is 31.9 Å². The van der Waals surface area contributed by atoms with E-state index in [9.17, 15) is 18.0 Å². The smallest absolute Gasteiger partial charge is 0.290 e. The largest absolute Gasteiger partial charge is 0.493 e. The molecule has 4 heterocycles. The molecule has 55 heavy (non-hydrogen) atoms. The number of carboxylic acid groups (broad SMARTS) is 1. The summed E-state index contributed by atoms with van der Waals surface area (Å²) in [6.07, 6.45) is 2.68. The summed E-state index contributed by atoms with van der Waals surface area (Å²) in [6.45, 7) is 3.81. The summed E-state index contributed by atoms with van der Waals surface area (Å²) in [5, 5.41) is 13.2. The topological polar surface area (TPSA) is 181 Å². The summed E-state index contributed by atoms with van der Waals surface area (Å²) >= 11 is 1.41. The third kappa shape index (κ3) is 10.2. The van der Waals surface area contributed by atoms with Crippen LogP contribution in [0.1, 0.15) is 52.3 Å². The van der Waals surface area contributed by atoms with E-state index in [0.717, 1.165) is 35.8 Å². The van der Waals surface area contributed by atoms with Gasteiger partial charge in [-0.3, -0.25) is 14.4 Å². The second kappa shape index (κ2) is 19.0. The number of methoxy groups -OCH3 is 3. The van der Waals surface area contributed by atoms with Gasteiger partial charge >= 0.3 is 0 Å². The number of aromatic nitrogens is 2. The van der Waals surface area contributed by atoms with Crippen LogP contribution in [0.5, 0.6) is 17.2 Å². The lowest BCUT2D eigenvalue weighted by atomic mass is 9.97. The van der Waals surface area contributed by atoms with Crippen molar-refractivity contribution in [3.05, 3.63) is 69.7 Å². The van der Waals surface area contributed by atoms with Crippen LogP contribution < -0.4 is 24.4 Å². The van der Waals surface area contributed by atoms with Gasteiger partial charge in [0.15, 0.2) is 11.5 Å². The zero-order valence-electron chi connectivity index (χ0n) is 31.5. The number of nitrogens with one attached hydrogen (secondary N) is 1. The van der Waals surface area contributed by atoms with Crippen LogP contribution in [0.15, 0.2) is 47.8 Å². The fourth-order valence-corrected chi connectivity index (χ4v) is 9.08. The Morgan fingerprint density at radius 3 is 2.40 bits per heavy atom. The molecule has 2 aliphatic heterocycles. The molecule has 2 aliphatic rings. The number of amides is 2. The molecule has 1 atom stereocenters. The Morgan fingerprint density at radius 1 is 1.00 bits per heavy atom. The standard InChI is InChI=1S/C37H46N6O7S2.CH2O2/c1-25-39-31(23-51-25)37(45)42-14-8-9-16-43(52(46,47)24-26-11-6-5-7-12-26)22-33(44)38-19-27-13-10-15-41(20-27)36-28(21-42)17-29-30(40-36)18-32(48-2)35(50-4)34(29)49-3;2-1-3/h5-7,11-12,17-18,23,27H,8-10,13-16,19-22,24H2,1-4H3,(H,38,44);1H,(H,2,3). The van der Waals surface area contributed by atoms with Crippen molar-refractivity contribution in [3.8, 4) is 17.2 Å². The van der Waals surface area contributed by atoms with Gasteiger partial charge in [0.25, 0.3) is 12.4 Å². The highest BCUT2D eigenvalue weighted by atomic mass is 32.2. The Morgan fingerprint density at radius 2 is 1.73 bits per heavy atom. The number of carbonyl (C=O) groups is 3. The van der Waals surface area contributed by atoms with Crippen molar-refractivity contribution in [2.45, 2.75) is 44.9 Å². The van der Waals surface area contributed by atoms with E-state index in [-0.39, 0.29) is 49.6 Å². The molecule has 2 amide bonds. The van der Waals surface area contributed by atoms with Crippen molar-refractivity contribution >= 4 is 56.4 Å². The van der Waals surface area contributed by atoms with Crippen LogP contribution in [0.4, 0.5) is 5.82 Å². The molecule has 15 nitrogen and oxygen atoms in total. The third-order valence-corrected chi connectivity index (χ3v) is 12.1. The van der Waals surface area contributed by atoms with Gasteiger partial charge in [-0.25, -0.2) is 18.4 Å². The molecule has 6 rings (SSSR count). The van der Waals surface area contributed by atoms with Crippen molar-refractivity contribution in [1.82, 2.24) is 24.5 Å². The summed E-state index contributed by atoms with van der Waals surface area (Å²) in [7, 11) is 0.879. The normalized spacial score (nSPS) is 17.3. The van der Waals surface area contributed by atoms with Crippen molar-refractivity contribution in [2.24, 2.45) is 5.92 Å². The number of rotatable bonds is 7. The van der Waals surface area contributed by atoms with Gasteiger partial charge in [-0.1, -0.05) is 30.3 Å².